The number of carbonyl (C=O) groups excluding carboxylic acids is 1. The summed E-state index contributed by atoms with van der Waals surface area (Å²) in [6, 6.07) is 21.7. The number of furan rings is 1. The molecule has 0 spiro atoms. The van der Waals surface area contributed by atoms with Gasteiger partial charge in [0.05, 0.1) is 12.3 Å². The van der Waals surface area contributed by atoms with E-state index in [2.05, 4.69) is 21.2 Å². The first kappa shape index (κ1) is 18.4. The van der Waals surface area contributed by atoms with Gasteiger partial charge in [-0.2, -0.15) is 0 Å². The lowest BCUT2D eigenvalue weighted by molar-refractivity contribution is -0.678. The van der Waals surface area contributed by atoms with Crippen molar-refractivity contribution in [2.24, 2.45) is 0 Å². The number of rotatable bonds is 7. The van der Waals surface area contributed by atoms with Crippen molar-refractivity contribution in [2.75, 3.05) is 6.54 Å². The molecule has 4 nitrogen and oxygen atoms in total. The van der Waals surface area contributed by atoms with E-state index in [4.69, 9.17) is 4.42 Å². The second-order valence-electron chi connectivity index (χ2n) is 6.15. The maximum Gasteiger partial charge on any atom is 0.275 e. The average molecular weight is 414 g/mol. The van der Waals surface area contributed by atoms with Crippen molar-refractivity contribution in [1.29, 1.82) is 0 Å². The maximum absolute atomic E-state index is 12.5. The van der Waals surface area contributed by atoms with Gasteiger partial charge in [-0.3, -0.25) is 4.79 Å². The van der Waals surface area contributed by atoms with Crippen molar-refractivity contribution < 1.29 is 14.5 Å². The van der Waals surface area contributed by atoms with Crippen molar-refractivity contribution in [2.45, 2.75) is 19.0 Å². The van der Waals surface area contributed by atoms with E-state index in [-0.39, 0.29) is 18.0 Å². The smallest absolute Gasteiger partial charge is 0.275 e. The largest absolute Gasteiger partial charge is 0.463 e. The van der Waals surface area contributed by atoms with Crippen LogP contribution in [0, 0.1) is 0 Å². The van der Waals surface area contributed by atoms with Gasteiger partial charge in [0.15, 0.2) is 18.3 Å². The molecule has 0 aliphatic rings. The highest BCUT2D eigenvalue weighted by molar-refractivity contribution is 9.10. The summed E-state index contributed by atoms with van der Waals surface area (Å²) in [7, 11) is 0. The molecule has 2 aromatic carbocycles. The number of hydrogen-bond donors (Lipinski definition) is 2. The zero-order valence-electron chi connectivity index (χ0n) is 14.6. The Bertz CT molecular complexity index is 834. The molecule has 0 aliphatic heterocycles. The van der Waals surface area contributed by atoms with E-state index in [9.17, 15) is 4.79 Å². The molecule has 3 aromatic rings. The highest BCUT2D eigenvalue weighted by Crippen LogP contribution is 2.22. The summed E-state index contributed by atoms with van der Waals surface area (Å²) < 4.78 is 6.57. The van der Waals surface area contributed by atoms with Gasteiger partial charge >= 0.3 is 0 Å². The van der Waals surface area contributed by atoms with Gasteiger partial charge in [-0.25, -0.2) is 0 Å². The van der Waals surface area contributed by atoms with E-state index >= 15 is 0 Å². The summed E-state index contributed by atoms with van der Waals surface area (Å²) in [5.41, 5.74) is 2.17. The molecular formula is C21H22BrN2O2+. The van der Waals surface area contributed by atoms with Gasteiger partial charge in [-0.1, -0.05) is 64.5 Å². The predicted octanol–water partition coefficient (Wildman–Crippen LogP) is 3.57. The molecule has 0 saturated carbocycles. The number of amides is 1. The molecule has 1 aromatic heterocycles. The minimum atomic E-state index is -0.0646. The van der Waals surface area contributed by atoms with Gasteiger partial charge in [0, 0.05) is 10.0 Å². The zero-order chi connectivity index (χ0) is 18.4. The van der Waals surface area contributed by atoms with E-state index < -0.39 is 0 Å². The fraction of sp³-hybridized carbons (Fsp3) is 0.190. The Balaban J connectivity index is 1.64. The van der Waals surface area contributed by atoms with Gasteiger partial charge in [0.2, 0.25) is 0 Å². The second-order valence-corrected chi connectivity index (χ2v) is 7.01. The van der Waals surface area contributed by atoms with Crippen LogP contribution in [0.25, 0.3) is 0 Å². The van der Waals surface area contributed by atoms with E-state index in [1.807, 2.05) is 79.0 Å². The molecule has 1 amide bonds. The molecule has 134 valence electrons. The molecular weight excluding hydrogens is 392 g/mol. The third-order valence-corrected chi connectivity index (χ3v) is 5.02. The fourth-order valence-electron chi connectivity index (χ4n) is 2.97. The summed E-state index contributed by atoms with van der Waals surface area (Å²) in [5, 5.41) is 5.05. The molecule has 5 heteroatoms. The van der Waals surface area contributed by atoms with Crippen LogP contribution >= 0.6 is 15.9 Å². The van der Waals surface area contributed by atoms with Gasteiger partial charge < -0.3 is 15.1 Å². The molecule has 1 heterocycles. The lowest BCUT2D eigenvalue weighted by atomic mass is 10.0. The molecule has 0 radical (unpaired) electrons. The topological polar surface area (TPSA) is 58.9 Å². The molecule has 0 bridgehead atoms. The Morgan fingerprint density at radius 2 is 1.81 bits per heavy atom. The van der Waals surface area contributed by atoms with Crippen LogP contribution in [0.5, 0.6) is 0 Å². The Kier molecular flexibility index (Phi) is 6.26. The fourth-order valence-corrected chi connectivity index (χ4v) is 3.60. The summed E-state index contributed by atoms with van der Waals surface area (Å²) in [4.78, 5) is 12.5. The quantitative estimate of drug-likeness (QED) is 0.621. The van der Waals surface area contributed by atoms with E-state index in [1.165, 1.54) is 0 Å². The first-order valence-electron chi connectivity index (χ1n) is 8.60. The Morgan fingerprint density at radius 1 is 1.08 bits per heavy atom. The molecule has 0 saturated heterocycles. The molecule has 26 heavy (non-hydrogen) atoms. The molecule has 2 atom stereocenters. The molecule has 0 fully saturated rings. The third-order valence-electron chi connectivity index (χ3n) is 4.30. The highest BCUT2D eigenvalue weighted by atomic mass is 79.9. The van der Waals surface area contributed by atoms with Crippen molar-refractivity contribution in [1.82, 2.24) is 5.32 Å². The molecule has 0 aliphatic carbocycles. The van der Waals surface area contributed by atoms with Crippen molar-refractivity contribution in [3.63, 3.8) is 0 Å². The van der Waals surface area contributed by atoms with Crippen LogP contribution in [0.15, 0.2) is 81.9 Å². The first-order valence-corrected chi connectivity index (χ1v) is 9.40. The Hall–Kier alpha value is -2.37. The lowest BCUT2D eigenvalue weighted by Gasteiger charge is -2.17. The number of nitrogens with two attached hydrogens (primary N) is 1. The minimum absolute atomic E-state index is 0.0132. The highest BCUT2D eigenvalue weighted by Gasteiger charge is 2.22. The van der Waals surface area contributed by atoms with Crippen LogP contribution in [-0.4, -0.2) is 12.5 Å². The molecule has 3 N–H and O–H groups in total. The number of benzene rings is 2. The summed E-state index contributed by atoms with van der Waals surface area (Å²) in [6.45, 7) is 2.30. The van der Waals surface area contributed by atoms with E-state index in [0.717, 1.165) is 21.4 Å². The maximum atomic E-state index is 12.5. The standard InChI is InChI=1S/C21H21BrN2O2/c1-15(17-10-5-6-11-18(17)22)24-20(25)14-23-21(19-12-7-13-26-19)16-8-3-2-4-9-16/h2-13,15,21,23H,14H2,1H3,(H,24,25)/p+1/t15-,21-/m1/s1. The van der Waals surface area contributed by atoms with Gasteiger partial charge in [0.25, 0.3) is 5.91 Å². The average Bonchev–Trinajstić information content (AvgIpc) is 3.17. The number of halogens is 1. The van der Waals surface area contributed by atoms with Crippen molar-refractivity contribution in [3.8, 4) is 0 Å². The number of quaternary nitrogens is 1. The van der Waals surface area contributed by atoms with Crippen LogP contribution in [0.1, 0.15) is 35.9 Å². The summed E-state index contributed by atoms with van der Waals surface area (Å²) in [6.07, 6.45) is 1.66. The van der Waals surface area contributed by atoms with E-state index in [1.54, 1.807) is 6.26 Å². The van der Waals surface area contributed by atoms with Gasteiger partial charge in [0.1, 0.15) is 0 Å². The molecule has 3 rings (SSSR count). The van der Waals surface area contributed by atoms with Crippen LogP contribution in [0.2, 0.25) is 0 Å². The van der Waals surface area contributed by atoms with E-state index in [0.29, 0.717) is 6.54 Å². The van der Waals surface area contributed by atoms with Gasteiger partial charge in [-0.05, 0) is 30.7 Å². The number of nitrogens with one attached hydrogen (secondary N) is 1. The van der Waals surface area contributed by atoms with Gasteiger partial charge in [-0.15, -0.1) is 0 Å². The van der Waals surface area contributed by atoms with Crippen LogP contribution < -0.4 is 10.6 Å². The summed E-state index contributed by atoms with van der Waals surface area (Å²) >= 11 is 3.53. The predicted molar refractivity (Wildman–Crippen MR) is 104 cm³/mol. The molecule has 0 unspecified atom stereocenters. The minimum Gasteiger partial charge on any atom is -0.463 e. The normalized spacial score (nSPS) is 13.2. The van der Waals surface area contributed by atoms with Crippen LogP contribution in [0.4, 0.5) is 0 Å². The number of carbonyl (C=O) groups is 1. The zero-order valence-corrected chi connectivity index (χ0v) is 16.1. The SMILES string of the molecule is C[C@@H](NC(=O)C[NH2+][C@H](c1ccccc1)c1ccco1)c1ccccc1Br. The third kappa shape index (κ3) is 4.62. The Morgan fingerprint density at radius 3 is 2.50 bits per heavy atom. The van der Waals surface area contributed by atoms with Crippen molar-refractivity contribution >= 4 is 21.8 Å². The van der Waals surface area contributed by atoms with Crippen LogP contribution in [-0.2, 0) is 4.79 Å². The van der Waals surface area contributed by atoms with Crippen molar-refractivity contribution in [3.05, 3.63) is 94.4 Å². The van der Waals surface area contributed by atoms with Crippen LogP contribution in [0.3, 0.4) is 0 Å². The summed E-state index contributed by atoms with van der Waals surface area (Å²) in [5.74, 6) is 0.823. The Labute approximate surface area is 161 Å². The second kappa shape index (κ2) is 8.83. The monoisotopic (exact) mass is 413 g/mol. The first-order chi connectivity index (χ1) is 12.6. The lowest BCUT2D eigenvalue weighted by Crippen LogP contribution is -2.87. The number of hydrogen-bond acceptors (Lipinski definition) is 2.